The number of rotatable bonds is 4. The molecule has 0 bridgehead atoms. The van der Waals surface area contributed by atoms with E-state index in [2.05, 4.69) is 0 Å². The maximum Gasteiger partial charge on any atom is 0.398 e. The molecule has 0 fully saturated rings. The average molecular weight is 247 g/mol. The average Bonchev–Trinajstić information content (AvgIpc) is 2.24. The predicted molar refractivity (Wildman–Crippen MR) is 56.1 cm³/mol. The van der Waals surface area contributed by atoms with E-state index in [1.54, 1.807) is 18.2 Å². The van der Waals surface area contributed by atoms with Crippen molar-refractivity contribution in [2.45, 2.75) is 25.6 Å². The Morgan fingerprint density at radius 2 is 1.82 bits per heavy atom. The molecule has 94 valence electrons. The molecule has 2 atom stereocenters. The summed E-state index contributed by atoms with van der Waals surface area (Å²) in [5, 5.41) is 10.5. The van der Waals surface area contributed by atoms with E-state index in [0.29, 0.717) is 5.56 Å². The second-order valence-corrected chi connectivity index (χ2v) is 3.86. The van der Waals surface area contributed by atoms with Crippen molar-refractivity contribution in [3.63, 3.8) is 0 Å². The first-order valence-corrected chi connectivity index (χ1v) is 5.06. The van der Waals surface area contributed by atoms with Gasteiger partial charge in [0.05, 0.1) is 0 Å². The Kier molecular flexibility index (Phi) is 4.09. The lowest BCUT2D eigenvalue weighted by molar-refractivity contribution is -0.537. The van der Waals surface area contributed by atoms with Crippen LogP contribution in [-0.2, 0) is 6.42 Å². The van der Waals surface area contributed by atoms with Crippen molar-refractivity contribution >= 4 is 0 Å². The van der Waals surface area contributed by atoms with Gasteiger partial charge in [-0.2, -0.15) is 13.2 Å². The highest BCUT2D eigenvalue weighted by molar-refractivity contribution is 5.15. The number of hydrogen-bond donors (Lipinski definition) is 0. The zero-order valence-electron chi connectivity index (χ0n) is 9.15. The summed E-state index contributed by atoms with van der Waals surface area (Å²) in [6, 6.07) is 6.33. The molecule has 0 aliphatic rings. The smallest absolute Gasteiger partial charge is 0.264 e. The lowest BCUT2D eigenvalue weighted by atomic mass is 9.93. The fourth-order valence-electron chi connectivity index (χ4n) is 1.57. The van der Waals surface area contributed by atoms with Crippen molar-refractivity contribution in [2.75, 3.05) is 0 Å². The third kappa shape index (κ3) is 3.72. The number of hydrogen-bond acceptors (Lipinski definition) is 2. The summed E-state index contributed by atoms with van der Waals surface area (Å²) in [7, 11) is 0. The normalized spacial score (nSPS) is 15.3. The summed E-state index contributed by atoms with van der Waals surface area (Å²) in [6.45, 7) is 0.987. The predicted octanol–water partition coefficient (Wildman–Crippen LogP) is 3.07. The molecule has 0 radical (unpaired) electrons. The van der Waals surface area contributed by atoms with Crippen LogP contribution in [0.1, 0.15) is 12.5 Å². The summed E-state index contributed by atoms with van der Waals surface area (Å²) < 4.78 is 38.1. The van der Waals surface area contributed by atoms with Gasteiger partial charge in [0.25, 0.3) is 0 Å². The molecule has 1 aromatic carbocycles. The molecule has 1 unspecified atom stereocenters. The van der Waals surface area contributed by atoms with Crippen LogP contribution in [-0.4, -0.2) is 17.1 Å². The van der Waals surface area contributed by atoms with Gasteiger partial charge in [-0.1, -0.05) is 30.3 Å². The monoisotopic (exact) mass is 247 g/mol. The minimum atomic E-state index is -4.57. The molecule has 6 heteroatoms. The lowest BCUT2D eigenvalue weighted by Gasteiger charge is -2.21. The first kappa shape index (κ1) is 13.5. The molecule has 1 rings (SSSR count). The molecule has 0 saturated carbocycles. The Balaban J connectivity index is 2.89. The molecule has 0 N–H and O–H groups in total. The highest BCUT2D eigenvalue weighted by Crippen LogP contribution is 2.32. The van der Waals surface area contributed by atoms with E-state index >= 15 is 0 Å². The Morgan fingerprint density at radius 1 is 1.29 bits per heavy atom. The number of nitrogens with zero attached hydrogens (tertiary/aromatic N) is 1. The Labute approximate surface area is 96.4 Å². The van der Waals surface area contributed by atoms with Crippen molar-refractivity contribution in [1.29, 1.82) is 0 Å². The van der Waals surface area contributed by atoms with Gasteiger partial charge in [0.15, 0.2) is 0 Å². The van der Waals surface area contributed by atoms with Crippen molar-refractivity contribution in [3.8, 4) is 0 Å². The van der Waals surface area contributed by atoms with Crippen LogP contribution < -0.4 is 0 Å². The Bertz CT molecular complexity index is 378. The van der Waals surface area contributed by atoms with Gasteiger partial charge >= 0.3 is 6.18 Å². The van der Waals surface area contributed by atoms with Gasteiger partial charge in [0, 0.05) is 11.8 Å². The summed E-state index contributed by atoms with van der Waals surface area (Å²) in [5.74, 6) is -1.96. The molecule has 0 aliphatic carbocycles. The summed E-state index contributed by atoms with van der Waals surface area (Å²) in [4.78, 5) is 9.60. The van der Waals surface area contributed by atoms with Crippen LogP contribution in [0.5, 0.6) is 0 Å². The summed E-state index contributed by atoms with van der Waals surface area (Å²) in [6.07, 6.45) is -4.94. The Hall–Kier alpha value is -1.59. The third-order valence-corrected chi connectivity index (χ3v) is 2.63. The maximum absolute atomic E-state index is 12.7. The van der Waals surface area contributed by atoms with E-state index in [0.717, 1.165) is 6.92 Å². The first-order valence-electron chi connectivity index (χ1n) is 5.06. The fraction of sp³-hybridized carbons (Fsp3) is 0.455. The number of benzene rings is 1. The van der Waals surface area contributed by atoms with E-state index in [1.165, 1.54) is 12.1 Å². The van der Waals surface area contributed by atoms with Gasteiger partial charge in [-0.05, 0) is 12.0 Å². The second kappa shape index (κ2) is 5.16. The van der Waals surface area contributed by atoms with E-state index in [1.807, 2.05) is 0 Å². The molecule has 17 heavy (non-hydrogen) atoms. The molecule has 1 aromatic rings. The minimum Gasteiger partial charge on any atom is -0.264 e. The quantitative estimate of drug-likeness (QED) is 0.606. The number of halogens is 3. The fourth-order valence-corrected chi connectivity index (χ4v) is 1.57. The third-order valence-electron chi connectivity index (χ3n) is 2.63. The van der Waals surface area contributed by atoms with Gasteiger partial charge in [0.1, 0.15) is 5.92 Å². The topological polar surface area (TPSA) is 43.1 Å². The van der Waals surface area contributed by atoms with Crippen LogP contribution in [0.3, 0.4) is 0 Å². The van der Waals surface area contributed by atoms with E-state index in [-0.39, 0.29) is 6.42 Å². The molecule has 0 saturated heterocycles. The van der Waals surface area contributed by atoms with Crippen molar-refractivity contribution in [3.05, 3.63) is 46.0 Å². The van der Waals surface area contributed by atoms with Crippen molar-refractivity contribution in [1.82, 2.24) is 0 Å². The van der Waals surface area contributed by atoms with Gasteiger partial charge in [-0.25, -0.2) is 0 Å². The molecular formula is C11H12F3NO2. The van der Waals surface area contributed by atoms with Crippen LogP contribution in [0.25, 0.3) is 0 Å². The molecule has 3 nitrogen and oxygen atoms in total. The molecular weight excluding hydrogens is 235 g/mol. The SMILES string of the molecule is CC([C@@H](Cc1ccccc1)C(F)(F)F)[N+](=O)[O-]. The van der Waals surface area contributed by atoms with Gasteiger partial charge < -0.3 is 0 Å². The van der Waals surface area contributed by atoms with Gasteiger partial charge in [-0.3, -0.25) is 10.1 Å². The van der Waals surface area contributed by atoms with Crippen LogP contribution >= 0.6 is 0 Å². The molecule has 0 spiro atoms. The van der Waals surface area contributed by atoms with Gasteiger partial charge in [-0.15, -0.1) is 0 Å². The minimum absolute atomic E-state index is 0.369. The maximum atomic E-state index is 12.7. The van der Waals surface area contributed by atoms with E-state index < -0.39 is 23.1 Å². The summed E-state index contributed by atoms with van der Waals surface area (Å²) >= 11 is 0. The molecule has 0 aliphatic heterocycles. The zero-order chi connectivity index (χ0) is 13.1. The largest absolute Gasteiger partial charge is 0.398 e. The Morgan fingerprint density at radius 3 is 2.24 bits per heavy atom. The second-order valence-electron chi connectivity index (χ2n) is 3.86. The van der Waals surface area contributed by atoms with Crippen molar-refractivity contribution < 1.29 is 18.1 Å². The van der Waals surface area contributed by atoms with E-state index in [4.69, 9.17) is 0 Å². The lowest BCUT2D eigenvalue weighted by Crippen LogP contribution is -2.38. The number of alkyl halides is 3. The first-order chi connectivity index (χ1) is 7.82. The van der Waals surface area contributed by atoms with Crippen molar-refractivity contribution in [2.24, 2.45) is 5.92 Å². The molecule has 0 amide bonds. The zero-order valence-corrected chi connectivity index (χ0v) is 9.15. The number of nitro groups is 1. The molecule has 0 aromatic heterocycles. The van der Waals surface area contributed by atoms with Crippen LogP contribution in [0.15, 0.2) is 30.3 Å². The molecule has 0 heterocycles. The van der Waals surface area contributed by atoms with Gasteiger partial charge in [0.2, 0.25) is 6.04 Å². The standard InChI is InChI=1S/C11H12F3NO2/c1-8(15(16)17)10(11(12,13)14)7-9-5-3-2-4-6-9/h2-6,8,10H,7H2,1H3/t8?,10-/m1/s1. The highest BCUT2D eigenvalue weighted by Gasteiger charge is 2.48. The summed E-state index contributed by atoms with van der Waals surface area (Å²) in [5.41, 5.74) is 0.448. The highest BCUT2D eigenvalue weighted by atomic mass is 19.4. The van der Waals surface area contributed by atoms with E-state index in [9.17, 15) is 23.3 Å². The van der Waals surface area contributed by atoms with Crippen LogP contribution in [0, 0.1) is 16.0 Å². The van der Waals surface area contributed by atoms with Crippen LogP contribution in [0.2, 0.25) is 0 Å². The van der Waals surface area contributed by atoms with Crippen LogP contribution in [0.4, 0.5) is 13.2 Å².